The van der Waals surface area contributed by atoms with Gasteiger partial charge in [0, 0.05) is 5.56 Å². The van der Waals surface area contributed by atoms with Crippen molar-refractivity contribution in [3.8, 4) is 0 Å². The number of methoxy groups -OCH3 is 1. The number of benzene rings is 2. The molecule has 0 saturated heterocycles. The van der Waals surface area contributed by atoms with Crippen molar-refractivity contribution < 1.29 is 22.7 Å². The molecule has 0 aliphatic heterocycles. The van der Waals surface area contributed by atoms with Gasteiger partial charge in [0.05, 0.1) is 18.6 Å². The predicted molar refractivity (Wildman–Crippen MR) is 92.7 cm³/mol. The van der Waals surface area contributed by atoms with Gasteiger partial charge in [0.25, 0.3) is 0 Å². The third-order valence-electron chi connectivity index (χ3n) is 3.61. The van der Waals surface area contributed by atoms with Gasteiger partial charge >= 0.3 is 5.97 Å². The van der Waals surface area contributed by atoms with Gasteiger partial charge in [-0.15, -0.1) is 0 Å². The molecule has 0 saturated carbocycles. The molecule has 0 fully saturated rings. The van der Waals surface area contributed by atoms with E-state index in [1.807, 2.05) is 6.92 Å². The van der Waals surface area contributed by atoms with Crippen LogP contribution in [0.2, 0.25) is 0 Å². The summed E-state index contributed by atoms with van der Waals surface area (Å²) in [4.78, 5) is 24.0. The van der Waals surface area contributed by atoms with Gasteiger partial charge in [0.2, 0.25) is 10.0 Å². The summed E-state index contributed by atoms with van der Waals surface area (Å²) in [5.41, 5.74) is 1.27. The Morgan fingerprint density at radius 3 is 2.12 bits per heavy atom. The fraction of sp³-hybridized carbons (Fsp3) is 0.222. The number of Topliss-reactive ketones (excluding diaryl/α,β-unsaturated/α-hetero) is 1. The molecule has 0 aliphatic carbocycles. The number of sulfonamides is 1. The molecule has 2 rings (SSSR count). The highest BCUT2D eigenvalue weighted by Crippen LogP contribution is 2.17. The molecule has 0 unspecified atom stereocenters. The molecule has 0 aliphatic rings. The van der Waals surface area contributed by atoms with Crippen molar-refractivity contribution in [2.45, 2.75) is 11.8 Å². The average Bonchev–Trinajstić information content (AvgIpc) is 2.62. The number of esters is 1. The zero-order valence-corrected chi connectivity index (χ0v) is 14.8. The van der Waals surface area contributed by atoms with Gasteiger partial charge in [-0.05, 0) is 19.1 Å². The van der Waals surface area contributed by atoms with Crippen molar-refractivity contribution in [2.75, 3.05) is 20.2 Å². The summed E-state index contributed by atoms with van der Waals surface area (Å²) in [5, 5.41) is 0. The second-order valence-electron chi connectivity index (χ2n) is 5.45. The van der Waals surface area contributed by atoms with Gasteiger partial charge < -0.3 is 4.74 Å². The zero-order valence-electron chi connectivity index (χ0n) is 14.0. The van der Waals surface area contributed by atoms with Crippen LogP contribution in [-0.2, 0) is 19.6 Å². The highest BCUT2D eigenvalue weighted by Gasteiger charge is 2.29. The van der Waals surface area contributed by atoms with Gasteiger partial charge in [-0.1, -0.05) is 48.0 Å². The third kappa shape index (κ3) is 4.74. The Bertz CT molecular complexity index is 845. The van der Waals surface area contributed by atoms with E-state index in [4.69, 9.17) is 0 Å². The van der Waals surface area contributed by atoms with Crippen molar-refractivity contribution in [1.29, 1.82) is 0 Å². The monoisotopic (exact) mass is 361 g/mol. The molecule has 0 aromatic heterocycles. The molecule has 0 radical (unpaired) electrons. The maximum atomic E-state index is 12.8. The molecule has 0 bridgehead atoms. The molecule has 0 heterocycles. The minimum Gasteiger partial charge on any atom is -0.468 e. The van der Waals surface area contributed by atoms with E-state index in [9.17, 15) is 18.0 Å². The normalized spacial score (nSPS) is 11.3. The van der Waals surface area contributed by atoms with Crippen molar-refractivity contribution in [2.24, 2.45) is 0 Å². The van der Waals surface area contributed by atoms with E-state index in [-0.39, 0.29) is 4.90 Å². The van der Waals surface area contributed by atoms with Crippen LogP contribution in [-0.4, -0.2) is 44.7 Å². The van der Waals surface area contributed by atoms with Crippen LogP contribution in [0.4, 0.5) is 0 Å². The maximum Gasteiger partial charge on any atom is 0.321 e. The minimum absolute atomic E-state index is 0.0165. The van der Waals surface area contributed by atoms with Crippen LogP contribution >= 0.6 is 0 Å². The number of aryl methyl sites for hydroxylation is 1. The van der Waals surface area contributed by atoms with Crippen LogP contribution in [0.5, 0.6) is 0 Å². The predicted octanol–water partition coefficient (Wildman–Crippen LogP) is 2.04. The van der Waals surface area contributed by atoms with Gasteiger partial charge in [-0.3, -0.25) is 9.59 Å². The molecule has 2 aromatic carbocycles. The third-order valence-corrected chi connectivity index (χ3v) is 5.41. The Kier molecular flexibility index (Phi) is 6.06. The van der Waals surface area contributed by atoms with Gasteiger partial charge in [0.1, 0.15) is 6.54 Å². The summed E-state index contributed by atoms with van der Waals surface area (Å²) in [6.07, 6.45) is 0. The smallest absolute Gasteiger partial charge is 0.321 e. The Morgan fingerprint density at radius 2 is 1.56 bits per heavy atom. The Labute approximate surface area is 147 Å². The largest absolute Gasteiger partial charge is 0.468 e. The summed E-state index contributed by atoms with van der Waals surface area (Å²) in [6, 6.07) is 14.5. The molecule has 0 atom stereocenters. The number of carbonyl (C=O) groups excluding carboxylic acids is 2. The first-order valence-corrected chi connectivity index (χ1v) is 9.00. The van der Waals surface area contributed by atoms with E-state index in [1.165, 1.54) is 12.1 Å². The van der Waals surface area contributed by atoms with E-state index in [1.54, 1.807) is 42.5 Å². The molecule has 0 amide bonds. The van der Waals surface area contributed by atoms with Gasteiger partial charge in [-0.25, -0.2) is 8.42 Å². The number of carbonyl (C=O) groups is 2. The highest BCUT2D eigenvalue weighted by molar-refractivity contribution is 7.89. The second kappa shape index (κ2) is 8.04. The first kappa shape index (κ1) is 18.8. The van der Waals surface area contributed by atoms with Gasteiger partial charge in [0.15, 0.2) is 5.78 Å². The number of ketones is 1. The average molecular weight is 361 g/mol. The van der Waals surface area contributed by atoms with E-state index in [0.29, 0.717) is 5.56 Å². The van der Waals surface area contributed by atoms with Crippen molar-refractivity contribution >= 4 is 21.8 Å². The lowest BCUT2D eigenvalue weighted by Crippen LogP contribution is -2.39. The van der Waals surface area contributed by atoms with Crippen molar-refractivity contribution in [3.63, 3.8) is 0 Å². The summed E-state index contributed by atoms with van der Waals surface area (Å²) in [5.74, 6) is -1.14. The Hall–Kier alpha value is -2.51. The molecule has 0 N–H and O–H groups in total. The summed E-state index contributed by atoms with van der Waals surface area (Å²) in [7, 11) is -2.85. The summed E-state index contributed by atoms with van der Waals surface area (Å²) >= 11 is 0. The summed E-state index contributed by atoms with van der Waals surface area (Å²) in [6.45, 7) is 0.849. The standard InChI is InChI=1S/C18H19NO5S/c1-14-8-10-16(11-9-14)25(22,23)19(13-18(21)24-2)12-17(20)15-6-4-3-5-7-15/h3-11H,12-13H2,1-2H3. The van der Waals surface area contributed by atoms with Crippen molar-refractivity contribution in [3.05, 3.63) is 65.7 Å². The number of hydrogen-bond donors (Lipinski definition) is 0. The second-order valence-corrected chi connectivity index (χ2v) is 7.39. The summed E-state index contributed by atoms with van der Waals surface area (Å²) < 4.78 is 31.0. The lowest BCUT2D eigenvalue weighted by atomic mass is 10.1. The number of nitrogens with zero attached hydrogens (tertiary/aromatic N) is 1. The van der Waals surface area contributed by atoms with Crippen LogP contribution in [0, 0.1) is 6.92 Å². The van der Waals surface area contributed by atoms with E-state index < -0.39 is 34.9 Å². The number of ether oxygens (including phenoxy) is 1. The molecule has 2 aromatic rings. The van der Waals surface area contributed by atoms with Crippen LogP contribution in [0.15, 0.2) is 59.5 Å². The molecule has 132 valence electrons. The van der Waals surface area contributed by atoms with Crippen molar-refractivity contribution in [1.82, 2.24) is 4.31 Å². The van der Waals surface area contributed by atoms with Crippen LogP contribution < -0.4 is 0 Å². The molecular formula is C18H19NO5S. The number of rotatable bonds is 7. The topological polar surface area (TPSA) is 80.8 Å². The van der Waals surface area contributed by atoms with Crippen LogP contribution in [0.3, 0.4) is 0 Å². The SMILES string of the molecule is COC(=O)CN(CC(=O)c1ccccc1)S(=O)(=O)c1ccc(C)cc1. The first-order chi connectivity index (χ1) is 11.8. The van der Waals surface area contributed by atoms with E-state index in [2.05, 4.69) is 4.74 Å². The fourth-order valence-electron chi connectivity index (χ4n) is 2.17. The molecule has 6 nitrogen and oxygen atoms in total. The highest BCUT2D eigenvalue weighted by atomic mass is 32.2. The fourth-order valence-corrected chi connectivity index (χ4v) is 3.51. The molecular weight excluding hydrogens is 342 g/mol. The van der Waals surface area contributed by atoms with E-state index >= 15 is 0 Å². The quantitative estimate of drug-likeness (QED) is 0.557. The lowest BCUT2D eigenvalue weighted by molar-refractivity contribution is -0.140. The molecule has 7 heteroatoms. The maximum absolute atomic E-state index is 12.8. The zero-order chi connectivity index (χ0) is 18.4. The minimum atomic E-state index is -4.01. The van der Waals surface area contributed by atoms with Crippen LogP contribution in [0.1, 0.15) is 15.9 Å². The van der Waals surface area contributed by atoms with Gasteiger partial charge in [-0.2, -0.15) is 4.31 Å². The number of hydrogen-bond acceptors (Lipinski definition) is 5. The lowest BCUT2D eigenvalue weighted by Gasteiger charge is -2.20. The van der Waals surface area contributed by atoms with Crippen LogP contribution in [0.25, 0.3) is 0 Å². The molecule has 25 heavy (non-hydrogen) atoms. The van der Waals surface area contributed by atoms with E-state index in [0.717, 1.165) is 17.0 Å². The Morgan fingerprint density at radius 1 is 0.960 bits per heavy atom. The first-order valence-electron chi connectivity index (χ1n) is 7.56. The molecule has 0 spiro atoms. The Balaban J connectivity index is 2.33.